The molecule has 0 spiro atoms. The Morgan fingerprint density at radius 2 is 2.38 bits per heavy atom. The van der Waals surface area contributed by atoms with Crippen molar-refractivity contribution in [2.24, 2.45) is 5.41 Å². The fraction of sp³-hybridized carbons (Fsp3) is 1.00. The quantitative estimate of drug-likeness (QED) is 0.552. The van der Waals surface area contributed by atoms with Gasteiger partial charge in [0, 0.05) is 31.1 Å². The van der Waals surface area contributed by atoms with Crippen LogP contribution < -0.4 is 0 Å². The highest BCUT2D eigenvalue weighted by atomic mass is 79.9. The summed E-state index contributed by atoms with van der Waals surface area (Å²) in [5.41, 5.74) is 0.360. The monoisotopic (exact) mass is 250 g/mol. The van der Waals surface area contributed by atoms with E-state index in [0.717, 1.165) is 25.0 Å². The average Bonchev–Trinajstić information content (AvgIpc) is 2.49. The Labute approximate surface area is 89.1 Å². The van der Waals surface area contributed by atoms with E-state index in [2.05, 4.69) is 22.9 Å². The van der Waals surface area contributed by atoms with Gasteiger partial charge in [0.05, 0.1) is 6.10 Å². The van der Waals surface area contributed by atoms with Crippen molar-refractivity contribution in [1.82, 2.24) is 0 Å². The number of hydrogen-bond donors (Lipinski definition) is 0. The number of ether oxygens (including phenoxy) is 2. The van der Waals surface area contributed by atoms with Crippen molar-refractivity contribution < 1.29 is 9.47 Å². The molecule has 0 bridgehead atoms. The zero-order valence-electron chi connectivity index (χ0n) is 8.51. The molecule has 1 heterocycles. The van der Waals surface area contributed by atoms with E-state index in [1.807, 2.05) is 0 Å². The van der Waals surface area contributed by atoms with Gasteiger partial charge >= 0.3 is 0 Å². The highest BCUT2D eigenvalue weighted by Crippen LogP contribution is 2.40. The predicted octanol–water partition coefficient (Wildman–Crippen LogP) is 2.60. The van der Waals surface area contributed by atoms with Gasteiger partial charge in [-0.2, -0.15) is 0 Å². The summed E-state index contributed by atoms with van der Waals surface area (Å²) in [4.78, 5) is 0. The lowest BCUT2D eigenvalue weighted by Gasteiger charge is -2.29. The van der Waals surface area contributed by atoms with Gasteiger partial charge in [0.25, 0.3) is 0 Å². The molecule has 1 aliphatic heterocycles. The number of rotatable bonds is 5. The molecule has 3 heteroatoms. The second-order valence-electron chi connectivity index (χ2n) is 3.86. The summed E-state index contributed by atoms with van der Waals surface area (Å²) in [5.74, 6) is 0. The summed E-state index contributed by atoms with van der Waals surface area (Å²) < 4.78 is 10.7. The molecule has 1 aliphatic rings. The summed E-state index contributed by atoms with van der Waals surface area (Å²) in [5, 5.41) is 1.05. The van der Waals surface area contributed by atoms with E-state index < -0.39 is 0 Å². The van der Waals surface area contributed by atoms with Crippen molar-refractivity contribution in [1.29, 1.82) is 0 Å². The van der Waals surface area contributed by atoms with Crippen molar-refractivity contribution in [3.05, 3.63) is 0 Å². The second kappa shape index (κ2) is 5.32. The Morgan fingerprint density at radius 3 is 2.85 bits per heavy atom. The molecule has 13 heavy (non-hydrogen) atoms. The van der Waals surface area contributed by atoms with Gasteiger partial charge in [0.15, 0.2) is 0 Å². The van der Waals surface area contributed by atoms with Crippen LogP contribution in [0.4, 0.5) is 0 Å². The van der Waals surface area contributed by atoms with Crippen LogP contribution in [0.15, 0.2) is 0 Å². The van der Waals surface area contributed by atoms with E-state index in [1.165, 1.54) is 12.8 Å². The van der Waals surface area contributed by atoms with Gasteiger partial charge in [-0.3, -0.25) is 0 Å². The Hall–Kier alpha value is 0.400. The number of methoxy groups -OCH3 is 1. The summed E-state index contributed by atoms with van der Waals surface area (Å²) >= 11 is 3.61. The lowest BCUT2D eigenvalue weighted by molar-refractivity contribution is 0.0650. The maximum Gasteiger partial charge on any atom is 0.0612 e. The van der Waals surface area contributed by atoms with E-state index >= 15 is 0 Å². The first-order valence-electron chi connectivity index (χ1n) is 4.92. The highest BCUT2D eigenvalue weighted by molar-refractivity contribution is 9.09. The largest absolute Gasteiger partial charge is 0.385 e. The SMILES string of the molecule is COCCCC1(CBr)CCOC1C. The number of alkyl halides is 1. The molecule has 0 saturated carbocycles. The van der Waals surface area contributed by atoms with E-state index in [0.29, 0.717) is 11.5 Å². The summed E-state index contributed by atoms with van der Waals surface area (Å²) in [6, 6.07) is 0. The molecule has 0 N–H and O–H groups in total. The minimum Gasteiger partial charge on any atom is -0.385 e. The molecule has 0 radical (unpaired) electrons. The smallest absolute Gasteiger partial charge is 0.0612 e. The van der Waals surface area contributed by atoms with Crippen LogP contribution in [-0.2, 0) is 9.47 Å². The normalized spacial score (nSPS) is 33.9. The second-order valence-corrected chi connectivity index (χ2v) is 4.42. The Morgan fingerprint density at radius 1 is 1.62 bits per heavy atom. The third kappa shape index (κ3) is 2.67. The van der Waals surface area contributed by atoms with Crippen molar-refractivity contribution in [3.8, 4) is 0 Å². The van der Waals surface area contributed by atoms with Gasteiger partial charge in [-0.05, 0) is 26.2 Å². The van der Waals surface area contributed by atoms with E-state index in [1.54, 1.807) is 7.11 Å². The lowest BCUT2D eigenvalue weighted by Crippen LogP contribution is -2.30. The molecule has 0 amide bonds. The zero-order valence-corrected chi connectivity index (χ0v) is 10.1. The van der Waals surface area contributed by atoms with Crippen molar-refractivity contribution >= 4 is 15.9 Å². The van der Waals surface area contributed by atoms with Gasteiger partial charge < -0.3 is 9.47 Å². The molecule has 1 rings (SSSR count). The Bertz CT molecular complexity index is 152. The lowest BCUT2D eigenvalue weighted by atomic mass is 9.80. The van der Waals surface area contributed by atoms with Crippen molar-refractivity contribution in [2.75, 3.05) is 25.7 Å². The number of halogens is 1. The molecule has 2 nitrogen and oxygen atoms in total. The Balaban J connectivity index is 2.39. The fourth-order valence-electron chi connectivity index (χ4n) is 1.96. The molecule has 2 atom stereocenters. The molecule has 0 aromatic heterocycles. The molecule has 1 saturated heterocycles. The van der Waals surface area contributed by atoms with Crippen LogP contribution in [0.3, 0.4) is 0 Å². The van der Waals surface area contributed by atoms with Crippen LogP contribution in [0, 0.1) is 5.41 Å². The van der Waals surface area contributed by atoms with E-state index in [-0.39, 0.29) is 0 Å². The summed E-state index contributed by atoms with van der Waals surface area (Å²) in [7, 11) is 1.76. The molecule has 1 fully saturated rings. The van der Waals surface area contributed by atoms with Crippen LogP contribution in [0.2, 0.25) is 0 Å². The molecular weight excluding hydrogens is 232 g/mol. The van der Waals surface area contributed by atoms with Crippen LogP contribution in [0.5, 0.6) is 0 Å². The van der Waals surface area contributed by atoms with Gasteiger partial charge in [-0.15, -0.1) is 0 Å². The van der Waals surface area contributed by atoms with Crippen LogP contribution in [0.1, 0.15) is 26.2 Å². The predicted molar refractivity (Wildman–Crippen MR) is 57.4 cm³/mol. The van der Waals surface area contributed by atoms with Crippen LogP contribution >= 0.6 is 15.9 Å². The first kappa shape index (κ1) is 11.5. The summed E-state index contributed by atoms with van der Waals surface area (Å²) in [6.07, 6.45) is 3.91. The van der Waals surface area contributed by atoms with Gasteiger partial charge in [-0.25, -0.2) is 0 Å². The minimum atomic E-state index is 0.360. The third-order valence-electron chi connectivity index (χ3n) is 3.12. The zero-order chi connectivity index (χ0) is 9.73. The summed E-state index contributed by atoms with van der Waals surface area (Å²) in [6.45, 7) is 3.96. The standard InChI is InChI=1S/C10H19BrO2/c1-9-10(8-11,5-7-13-9)4-3-6-12-2/h9H,3-8H2,1-2H3. The van der Waals surface area contributed by atoms with Gasteiger partial charge in [0.1, 0.15) is 0 Å². The minimum absolute atomic E-state index is 0.360. The fourth-order valence-corrected chi connectivity index (χ4v) is 2.97. The molecule has 0 aromatic carbocycles. The first-order valence-corrected chi connectivity index (χ1v) is 6.04. The molecule has 2 unspecified atom stereocenters. The van der Waals surface area contributed by atoms with Gasteiger partial charge in [-0.1, -0.05) is 15.9 Å². The van der Waals surface area contributed by atoms with Crippen molar-refractivity contribution in [3.63, 3.8) is 0 Å². The average molecular weight is 251 g/mol. The highest BCUT2D eigenvalue weighted by Gasteiger charge is 2.39. The third-order valence-corrected chi connectivity index (χ3v) is 4.24. The molecular formula is C10H19BrO2. The van der Waals surface area contributed by atoms with Gasteiger partial charge in [0.2, 0.25) is 0 Å². The maximum atomic E-state index is 5.62. The first-order chi connectivity index (χ1) is 6.25. The molecule has 0 aliphatic carbocycles. The van der Waals surface area contributed by atoms with E-state index in [4.69, 9.17) is 9.47 Å². The number of hydrogen-bond acceptors (Lipinski definition) is 2. The topological polar surface area (TPSA) is 18.5 Å². The maximum absolute atomic E-state index is 5.62. The Kier molecular flexibility index (Phi) is 4.70. The van der Waals surface area contributed by atoms with Crippen LogP contribution in [0.25, 0.3) is 0 Å². The molecule has 78 valence electrons. The molecule has 0 aromatic rings. The van der Waals surface area contributed by atoms with Crippen molar-refractivity contribution in [2.45, 2.75) is 32.3 Å². The van der Waals surface area contributed by atoms with Crippen LogP contribution in [-0.4, -0.2) is 31.8 Å². The van der Waals surface area contributed by atoms with E-state index in [9.17, 15) is 0 Å².